The molecule has 3 rings (SSSR count). The number of nitrogens with one attached hydrogen (secondary N) is 1. The molecule has 0 aliphatic rings. The van der Waals surface area contributed by atoms with Gasteiger partial charge >= 0.3 is 0 Å². The van der Waals surface area contributed by atoms with Gasteiger partial charge in [-0.25, -0.2) is 13.1 Å². The minimum Gasteiger partial charge on any atom is -0.352 e. The highest BCUT2D eigenvalue weighted by atomic mass is 35.5. The smallest absolute Gasteiger partial charge is 0.243 e. The van der Waals surface area contributed by atoms with E-state index in [1.165, 1.54) is 4.31 Å². The van der Waals surface area contributed by atoms with Gasteiger partial charge in [0.05, 0.1) is 10.4 Å². The lowest BCUT2D eigenvalue weighted by Crippen LogP contribution is -2.30. The Balaban J connectivity index is 1.57. The van der Waals surface area contributed by atoms with Gasteiger partial charge in [0.15, 0.2) is 0 Å². The molecule has 1 aromatic heterocycles. The highest BCUT2D eigenvalue weighted by molar-refractivity contribution is 7.89. The molecule has 0 saturated carbocycles. The van der Waals surface area contributed by atoms with Crippen molar-refractivity contribution in [2.45, 2.75) is 44.7 Å². The van der Waals surface area contributed by atoms with E-state index in [-0.39, 0.29) is 10.8 Å². The first-order valence-electron chi connectivity index (χ1n) is 10.2. The van der Waals surface area contributed by atoms with Crippen molar-refractivity contribution in [2.24, 2.45) is 0 Å². The van der Waals surface area contributed by atoms with Crippen molar-refractivity contribution in [1.29, 1.82) is 0 Å². The van der Waals surface area contributed by atoms with E-state index in [2.05, 4.69) is 15.6 Å². The molecule has 0 radical (unpaired) electrons. The normalized spacial score (nSPS) is 11.9. The maximum atomic E-state index is 12.7. The molecule has 0 saturated heterocycles. The number of aromatic nitrogens is 3. The molecule has 0 aliphatic heterocycles. The molecule has 0 unspecified atom stereocenters. The molecule has 0 atom stereocenters. The Morgan fingerprint density at radius 3 is 2.52 bits per heavy atom. The second-order valence-electron chi connectivity index (χ2n) is 7.06. The van der Waals surface area contributed by atoms with Gasteiger partial charge in [-0.3, -0.25) is 4.79 Å². The Hall–Kier alpha value is -2.49. The first kappa shape index (κ1) is 23.2. The molecule has 0 bridgehead atoms. The molecule has 0 spiro atoms. The van der Waals surface area contributed by atoms with Crippen LogP contribution in [0.4, 0.5) is 0 Å². The summed E-state index contributed by atoms with van der Waals surface area (Å²) in [5.74, 6) is -0.0491. The van der Waals surface area contributed by atoms with Crippen molar-refractivity contribution < 1.29 is 13.2 Å². The van der Waals surface area contributed by atoms with Crippen LogP contribution in [0.15, 0.2) is 47.4 Å². The van der Waals surface area contributed by atoms with E-state index in [9.17, 15) is 13.2 Å². The standard InChI is InChI=1S/C21H26ClN5O3S/c1-3-26(4-2)31(29,30)18-11-12-20-19(14-18)24-25-27(20)13-5-6-21(28)23-15-16-7-9-17(22)10-8-16/h7-12,14H,3-6,13,15H2,1-2H3,(H,23,28). The molecule has 2 aromatic carbocycles. The van der Waals surface area contributed by atoms with Crippen molar-refractivity contribution in [3.8, 4) is 0 Å². The van der Waals surface area contributed by atoms with Crippen LogP contribution in [0.3, 0.4) is 0 Å². The number of nitrogens with zero attached hydrogens (tertiary/aromatic N) is 4. The van der Waals surface area contributed by atoms with Gasteiger partial charge in [-0.15, -0.1) is 5.10 Å². The van der Waals surface area contributed by atoms with E-state index in [0.29, 0.717) is 49.6 Å². The molecular weight excluding hydrogens is 438 g/mol. The van der Waals surface area contributed by atoms with Crippen molar-refractivity contribution in [3.05, 3.63) is 53.1 Å². The lowest BCUT2D eigenvalue weighted by Gasteiger charge is -2.18. The van der Waals surface area contributed by atoms with Gasteiger partial charge in [-0.2, -0.15) is 4.31 Å². The summed E-state index contributed by atoms with van der Waals surface area (Å²) in [5, 5.41) is 11.8. The van der Waals surface area contributed by atoms with E-state index in [0.717, 1.165) is 11.1 Å². The fraction of sp³-hybridized carbons (Fsp3) is 0.381. The lowest BCUT2D eigenvalue weighted by atomic mass is 10.2. The highest BCUT2D eigenvalue weighted by Gasteiger charge is 2.22. The fourth-order valence-electron chi connectivity index (χ4n) is 3.27. The highest BCUT2D eigenvalue weighted by Crippen LogP contribution is 2.21. The van der Waals surface area contributed by atoms with Gasteiger partial charge in [-0.1, -0.05) is 42.8 Å². The summed E-state index contributed by atoms with van der Waals surface area (Å²) in [6.45, 7) is 5.38. The van der Waals surface area contributed by atoms with Crippen molar-refractivity contribution >= 4 is 38.6 Å². The predicted molar refractivity (Wildman–Crippen MR) is 120 cm³/mol. The van der Waals surface area contributed by atoms with E-state index in [1.54, 1.807) is 35.0 Å². The lowest BCUT2D eigenvalue weighted by molar-refractivity contribution is -0.121. The summed E-state index contributed by atoms with van der Waals surface area (Å²) in [6, 6.07) is 12.2. The second-order valence-corrected chi connectivity index (χ2v) is 9.43. The number of carbonyl (C=O) groups excluding carboxylic acids is 1. The Bertz CT molecular complexity index is 1140. The van der Waals surface area contributed by atoms with Crippen LogP contribution in [0, 0.1) is 0 Å². The molecule has 1 heterocycles. The molecule has 1 amide bonds. The van der Waals surface area contributed by atoms with Crippen LogP contribution >= 0.6 is 11.6 Å². The first-order chi connectivity index (χ1) is 14.8. The number of aryl methyl sites for hydroxylation is 1. The third kappa shape index (κ3) is 5.61. The van der Waals surface area contributed by atoms with Gasteiger partial charge in [0.25, 0.3) is 0 Å². The van der Waals surface area contributed by atoms with Crippen LogP contribution < -0.4 is 5.32 Å². The van der Waals surface area contributed by atoms with Crippen LogP contribution in [0.25, 0.3) is 11.0 Å². The minimum atomic E-state index is -3.55. The second kappa shape index (κ2) is 10.2. The molecule has 3 aromatic rings. The maximum Gasteiger partial charge on any atom is 0.243 e. The topological polar surface area (TPSA) is 97.2 Å². The monoisotopic (exact) mass is 463 g/mol. The van der Waals surface area contributed by atoms with Crippen LogP contribution in [-0.4, -0.2) is 46.7 Å². The Kier molecular flexibility index (Phi) is 7.64. The van der Waals surface area contributed by atoms with Gasteiger partial charge in [0.1, 0.15) is 5.52 Å². The SMILES string of the molecule is CCN(CC)S(=O)(=O)c1ccc2c(c1)nnn2CCCC(=O)NCc1ccc(Cl)cc1. The minimum absolute atomic E-state index is 0.0491. The van der Waals surface area contributed by atoms with Gasteiger partial charge in [0.2, 0.25) is 15.9 Å². The maximum absolute atomic E-state index is 12.7. The summed E-state index contributed by atoms with van der Waals surface area (Å²) >= 11 is 5.86. The number of benzene rings is 2. The van der Waals surface area contributed by atoms with Crippen molar-refractivity contribution in [2.75, 3.05) is 13.1 Å². The van der Waals surface area contributed by atoms with Gasteiger partial charge < -0.3 is 5.32 Å². The molecule has 1 N–H and O–H groups in total. The van der Waals surface area contributed by atoms with E-state index in [1.807, 2.05) is 26.0 Å². The first-order valence-corrected chi connectivity index (χ1v) is 12.0. The summed E-state index contributed by atoms with van der Waals surface area (Å²) < 4.78 is 28.5. The number of amides is 1. The van der Waals surface area contributed by atoms with Crippen LogP contribution in [0.1, 0.15) is 32.3 Å². The van der Waals surface area contributed by atoms with Crippen LogP contribution in [-0.2, 0) is 27.9 Å². The fourth-order valence-corrected chi connectivity index (χ4v) is 4.88. The number of rotatable bonds is 10. The number of carbonyl (C=O) groups is 1. The molecule has 0 aliphatic carbocycles. The van der Waals surface area contributed by atoms with E-state index >= 15 is 0 Å². The summed E-state index contributed by atoms with van der Waals surface area (Å²) in [7, 11) is -3.55. The van der Waals surface area contributed by atoms with Crippen molar-refractivity contribution in [1.82, 2.24) is 24.6 Å². The molecule has 166 valence electrons. The average molecular weight is 464 g/mol. The number of halogens is 1. The van der Waals surface area contributed by atoms with Crippen LogP contribution in [0.5, 0.6) is 0 Å². The largest absolute Gasteiger partial charge is 0.352 e. The summed E-state index contributed by atoms with van der Waals surface area (Å²) in [6.07, 6.45) is 0.938. The van der Waals surface area contributed by atoms with Crippen molar-refractivity contribution in [3.63, 3.8) is 0 Å². The average Bonchev–Trinajstić information content (AvgIpc) is 3.16. The zero-order valence-corrected chi connectivity index (χ0v) is 19.2. The predicted octanol–water partition coefficient (Wildman–Crippen LogP) is 3.21. The van der Waals surface area contributed by atoms with E-state index < -0.39 is 10.0 Å². The van der Waals surface area contributed by atoms with E-state index in [4.69, 9.17) is 11.6 Å². The molecule has 31 heavy (non-hydrogen) atoms. The zero-order valence-electron chi connectivity index (χ0n) is 17.6. The summed E-state index contributed by atoms with van der Waals surface area (Å²) in [5.41, 5.74) is 2.23. The Morgan fingerprint density at radius 2 is 1.84 bits per heavy atom. The quantitative estimate of drug-likeness (QED) is 0.498. The van der Waals surface area contributed by atoms with Crippen LogP contribution in [0.2, 0.25) is 5.02 Å². The molecule has 0 fully saturated rings. The van der Waals surface area contributed by atoms with Gasteiger partial charge in [-0.05, 0) is 42.3 Å². The zero-order chi connectivity index (χ0) is 22.4. The third-order valence-corrected chi connectivity index (χ3v) is 7.30. The number of sulfonamides is 1. The number of fused-ring (bicyclic) bond motifs is 1. The summed E-state index contributed by atoms with van der Waals surface area (Å²) in [4.78, 5) is 12.3. The Labute approximate surface area is 187 Å². The number of hydrogen-bond donors (Lipinski definition) is 1. The third-order valence-electron chi connectivity index (χ3n) is 5.01. The molecule has 10 heteroatoms. The Morgan fingerprint density at radius 1 is 1.13 bits per heavy atom. The molecule has 8 nitrogen and oxygen atoms in total. The van der Waals surface area contributed by atoms with Gasteiger partial charge in [0, 0.05) is 37.6 Å². The molecular formula is C21H26ClN5O3S. The number of hydrogen-bond acceptors (Lipinski definition) is 5.